The lowest BCUT2D eigenvalue weighted by Gasteiger charge is -2.40. The molecule has 1 aliphatic rings. The van der Waals surface area contributed by atoms with Crippen LogP contribution < -0.4 is 0 Å². The summed E-state index contributed by atoms with van der Waals surface area (Å²) >= 11 is 0. The smallest absolute Gasteiger partial charge is 0.303 e. The second kappa shape index (κ2) is 7.94. The zero-order valence-corrected chi connectivity index (χ0v) is 12.5. The summed E-state index contributed by atoms with van der Waals surface area (Å²) < 4.78 is 25.8. The lowest BCUT2D eigenvalue weighted by Crippen LogP contribution is -2.55. The number of hydrogen-bond acceptors (Lipinski definition) is 8. The van der Waals surface area contributed by atoms with Crippen LogP contribution in [0.25, 0.3) is 0 Å². The van der Waals surface area contributed by atoms with Crippen molar-refractivity contribution in [3.63, 3.8) is 0 Å². The Morgan fingerprint density at radius 1 is 1.00 bits per heavy atom. The Morgan fingerprint density at radius 3 is 2.05 bits per heavy atom. The first-order chi connectivity index (χ1) is 9.85. The van der Waals surface area contributed by atoms with Gasteiger partial charge in [-0.05, 0) is 0 Å². The molecule has 0 radical (unpaired) electrons. The van der Waals surface area contributed by atoms with Crippen molar-refractivity contribution in [2.24, 2.45) is 5.92 Å². The second-order valence-electron chi connectivity index (χ2n) is 4.65. The van der Waals surface area contributed by atoms with Gasteiger partial charge in [-0.2, -0.15) is 0 Å². The van der Waals surface area contributed by atoms with E-state index in [9.17, 15) is 14.4 Å². The van der Waals surface area contributed by atoms with E-state index >= 15 is 0 Å². The molecule has 8 nitrogen and oxygen atoms in total. The minimum absolute atomic E-state index is 0.0124. The molecular weight excluding hydrogens is 284 g/mol. The van der Waals surface area contributed by atoms with Crippen molar-refractivity contribution in [3.8, 4) is 0 Å². The van der Waals surface area contributed by atoms with E-state index in [1.54, 1.807) is 0 Å². The van der Waals surface area contributed by atoms with Gasteiger partial charge in [0.2, 0.25) is 0 Å². The molecule has 1 saturated heterocycles. The Morgan fingerprint density at radius 2 is 1.57 bits per heavy atom. The van der Waals surface area contributed by atoms with Gasteiger partial charge in [-0.1, -0.05) is 0 Å². The minimum atomic E-state index is -0.925. The molecule has 0 spiro atoms. The number of ether oxygens (including phenoxy) is 5. The zero-order valence-electron chi connectivity index (χ0n) is 12.5. The van der Waals surface area contributed by atoms with Crippen LogP contribution in [-0.4, -0.2) is 56.7 Å². The van der Waals surface area contributed by atoms with Crippen molar-refractivity contribution < 1.29 is 38.1 Å². The quantitative estimate of drug-likeness (QED) is 0.518. The second-order valence-corrected chi connectivity index (χ2v) is 4.65. The van der Waals surface area contributed by atoms with Crippen LogP contribution in [0.5, 0.6) is 0 Å². The van der Waals surface area contributed by atoms with E-state index in [0.717, 1.165) is 0 Å². The first-order valence-corrected chi connectivity index (χ1v) is 6.47. The molecule has 0 aliphatic carbocycles. The molecule has 1 fully saturated rings. The highest BCUT2D eigenvalue weighted by Gasteiger charge is 2.45. The van der Waals surface area contributed by atoms with Crippen molar-refractivity contribution >= 4 is 17.9 Å². The van der Waals surface area contributed by atoms with Gasteiger partial charge in [-0.3, -0.25) is 14.4 Å². The van der Waals surface area contributed by atoms with Crippen LogP contribution in [0, 0.1) is 5.92 Å². The van der Waals surface area contributed by atoms with E-state index < -0.39 is 42.3 Å². The largest absolute Gasteiger partial charge is 0.465 e. The van der Waals surface area contributed by atoms with Crippen LogP contribution in [0.2, 0.25) is 0 Å². The highest BCUT2D eigenvalue weighted by Crippen LogP contribution is 2.27. The van der Waals surface area contributed by atoms with Gasteiger partial charge in [-0.15, -0.1) is 0 Å². The standard InChI is InChI=1S/C13H20O8/c1-7(14)18-5-10-6-19-13(17-4)12(21-9(3)16)11(10)20-8(2)15/h10-13H,5-6H2,1-4H3/t10-,11+,12+,13+/m0/s1. The van der Waals surface area contributed by atoms with E-state index in [2.05, 4.69) is 0 Å². The summed E-state index contributed by atoms with van der Waals surface area (Å²) in [5.41, 5.74) is 0. The molecule has 0 aromatic carbocycles. The minimum Gasteiger partial charge on any atom is -0.465 e. The SMILES string of the molecule is CO[C@@H]1OC[C@H](COC(C)=O)[C@@H](OC(C)=O)[C@H]1OC(C)=O. The van der Waals surface area contributed by atoms with Crippen LogP contribution >= 0.6 is 0 Å². The monoisotopic (exact) mass is 304 g/mol. The van der Waals surface area contributed by atoms with Crippen molar-refractivity contribution in [2.45, 2.75) is 39.3 Å². The summed E-state index contributed by atoms with van der Waals surface area (Å²) in [5.74, 6) is -2.01. The molecule has 4 atom stereocenters. The summed E-state index contributed by atoms with van der Waals surface area (Å²) in [6.07, 6.45) is -2.60. The third kappa shape index (κ3) is 5.31. The first kappa shape index (κ1) is 17.4. The van der Waals surface area contributed by atoms with Crippen LogP contribution in [0.1, 0.15) is 20.8 Å². The predicted molar refractivity (Wildman–Crippen MR) is 68.0 cm³/mol. The van der Waals surface area contributed by atoms with Crippen LogP contribution in [-0.2, 0) is 38.1 Å². The van der Waals surface area contributed by atoms with Gasteiger partial charge in [0.25, 0.3) is 0 Å². The molecule has 0 bridgehead atoms. The molecule has 0 N–H and O–H groups in total. The molecule has 1 rings (SSSR count). The molecule has 120 valence electrons. The molecular formula is C13H20O8. The van der Waals surface area contributed by atoms with Gasteiger partial charge >= 0.3 is 17.9 Å². The number of methoxy groups -OCH3 is 1. The van der Waals surface area contributed by atoms with Crippen molar-refractivity contribution in [3.05, 3.63) is 0 Å². The summed E-state index contributed by atoms with van der Waals surface area (Å²) in [7, 11) is 1.39. The number of carbonyl (C=O) groups is 3. The Labute approximate surface area is 122 Å². The molecule has 8 heteroatoms. The van der Waals surface area contributed by atoms with E-state index in [4.69, 9.17) is 23.7 Å². The number of hydrogen-bond donors (Lipinski definition) is 0. The lowest BCUT2D eigenvalue weighted by atomic mass is 9.95. The topological polar surface area (TPSA) is 97.4 Å². The molecule has 0 unspecified atom stereocenters. The molecule has 0 saturated carbocycles. The van der Waals surface area contributed by atoms with Crippen molar-refractivity contribution in [1.82, 2.24) is 0 Å². The van der Waals surface area contributed by atoms with Gasteiger partial charge < -0.3 is 23.7 Å². The van der Waals surface area contributed by atoms with Gasteiger partial charge in [0.05, 0.1) is 19.1 Å². The Hall–Kier alpha value is -1.67. The average molecular weight is 304 g/mol. The Balaban J connectivity index is 2.89. The molecule has 0 amide bonds. The van der Waals surface area contributed by atoms with Gasteiger partial charge in [0, 0.05) is 27.9 Å². The first-order valence-electron chi connectivity index (χ1n) is 6.47. The number of esters is 3. The summed E-state index contributed by atoms with van der Waals surface area (Å²) in [6, 6.07) is 0. The van der Waals surface area contributed by atoms with E-state index in [1.165, 1.54) is 27.9 Å². The fraction of sp³-hybridized carbons (Fsp3) is 0.769. The molecule has 21 heavy (non-hydrogen) atoms. The molecule has 1 heterocycles. The third-order valence-electron chi connectivity index (χ3n) is 2.87. The fourth-order valence-corrected chi connectivity index (χ4v) is 2.07. The predicted octanol–water partition coefficient (Wildman–Crippen LogP) is 0.0318. The van der Waals surface area contributed by atoms with Crippen LogP contribution in [0.4, 0.5) is 0 Å². The zero-order chi connectivity index (χ0) is 16.0. The molecule has 0 aromatic heterocycles. The fourth-order valence-electron chi connectivity index (χ4n) is 2.07. The Bertz CT molecular complexity index is 394. The third-order valence-corrected chi connectivity index (χ3v) is 2.87. The molecule has 1 aliphatic heterocycles. The summed E-state index contributed by atoms with van der Waals surface area (Å²) in [6.45, 7) is 3.87. The highest BCUT2D eigenvalue weighted by atomic mass is 16.7. The summed E-state index contributed by atoms with van der Waals surface area (Å²) in [4.78, 5) is 33.4. The number of carbonyl (C=O) groups excluding carboxylic acids is 3. The maximum atomic E-state index is 11.3. The maximum absolute atomic E-state index is 11.3. The van der Waals surface area contributed by atoms with Crippen molar-refractivity contribution in [2.75, 3.05) is 20.3 Å². The number of rotatable bonds is 5. The Kier molecular flexibility index (Phi) is 6.57. The van der Waals surface area contributed by atoms with Crippen LogP contribution in [0.15, 0.2) is 0 Å². The van der Waals surface area contributed by atoms with E-state index in [0.29, 0.717) is 0 Å². The van der Waals surface area contributed by atoms with E-state index in [-0.39, 0.29) is 13.2 Å². The normalized spacial score (nSPS) is 28.6. The van der Waals surface area contributed by atoms with Crippen molar-refractivity contribution in [1.29, 1.82) is 0 Å². The average Bonchev–Trinajstić information content (AvgIpc) is 2.37. The lowest BCUT2D eigenvalue weighted by molar-refractivity contribution is -0.265. The summed E-state index contributed by atoms with van der Waals surface area (Å²) in [5, 5.41) is 0. The van der Waals surface area contributed by atoms with Crippen LogP contribution in [0.3, 0.4) is 0 Å². The van der Waals surface area contributed by atoms with Gasteiger partial charge in [0.15, 0.2) is 18.5 Å². The highest BCUT2D eigenvalue weighted by molar-refractivity contribution is 5.67. The maximum Gasteiger partial charge on any atom is 0.303 e. The van der Waals surface area contributed by atoms with Gasteiger partial charge in [-0.25, -0.2) is 0 Å². The van der Waals surface area contributed by atoms with Gasteiger partial charge in [0.1, 0.15) is 0 Å². The molecule has 0 aromatic rings. The van der Waals surface area contributed by atoms with E-state index in [1.807, 2.05) is 0 Å².